The maximum atomic E-state index is 15.2. The number of benzene rings is 2. The van der Waals surface area contributed by atoms with Crippen LogP contribution >= 0.6 is 0 Å². The average molecular weight is 474 g/mol. The van der Waals surface area contributed by atoms with Crippen molar-refractivity contribution >= 4 is 21.6 Å². The average Bonchev–Trinajstić information content (AvgIpc) is 2.73. The summed E-state index contributed by atoms with van der Waals surface area (Å²) >= 11 is 0. The Morgan fingerprint density at radius 3 is 2.30 bits per heavy atom. The highest BCUT2D eigenvalue weighted by Gasteiger charge is 2.36. The zero-order valence-corrected chi connectivity index (χ0v) is 20.4. The van der Waals surface area contributed by atoms with E-state index in [0.29, 0.717) is 42.2 Å². The standard InChI is InChI=1S/C25H32FN3O3S/c1-18-7-10-25(19(2)15-18)33(31,32)29(22-5-4-6-22)17-21-8-9-23(16-24(21)26)28-13-11-27(12-14-28)20(3)30/h7-10,15-16,22H,4-6,11-14,17H2,1-3H3. The minimum Gasteiger partial charge on any atom is -0.368 e. The third kappa shape index (κ3) is 4.92. The Morgan fingerprint density at radius 1 is 1.06 bits per heavy atom. The number of anilines is 1. The molecule has 8 heteroatoms. The van der Waals surface area contributed by atoms with E-state index in [0.717, 1.165) is 30.5 Å². The predicted molar refractivity (Wildman–Crippen MR) is 127 cm³/mol. The van der Waals surface area contributed by atoms with Crippen molar-refractivity contribution in [3.63, 3.8) is 0 Å². The molecule has 6 nitrogen and oxygen atoms in total. The number of carbonyl (C=O) groups excluding carboxylic acids is 1. The molecule has 2 aliphatic rings. The molecule has 0 atom stereocenters. The van der Waals surface area contributed by atoms with E-state index in [1.54, 1.807) is 36.9 Å². The van der Waals surface area contributed by atoms with Crippen LogP contribution in [0.1, 0.15) is 42.9 Å². The van der Waals surface area contributed by atoms with Gasteiger partial charge < -0.3 is 9.80 Å². The first-order valence-electron chi connectivity index (χ1n) is 11.5. The lowest BCUT2D eigenvalue weighted by Crippen LogP contribution is -2.48. The quantitative estimate of drug-likeness (QED) is 0.639. The second kappa shape index (κ2) is 9.43. The van der Waals surface area contributed by atoms with E-state index in [2.05, 4.69) is 4.90 Å². The molecular formula is C25H32FN3O3S. The van der Waals surface area contributed by atoms with E-state index in [9.17, 15) is 13.2 Å². The predicted octanol–water partition coefficient (Wildman–Crippen LogP) is 3.85. The van der Waals surface area contributed by atoms with Crippen LogP contribution in [0.4, 0.5) is 10.1 Å². The van der Waals surface area contributed by atoms with E-state index in [-0.39, 0.29) is 18.5 Å². The minimum absolute atomic E-state index is 0.0184. The monoisotopic (exact) mass is 473 g/mol. The van der Waals surface area contributed by atoms with Crippen molar-refractivity contribution in [2.75, 3.05) is 31.1 Å². The SMILES string of the molecule is CC(=O)N1CCN(c2ccc(CN(C3CCC3)S(=O)(=O)c3ccc(C)cc3C)c(F)c2)CC1. The van der Waals surface area contributed by atoms with Gasteiger partial charge in [0, 0.05) is 56.9 Å². The van der Waals surface area contributed by atoms with Gasteiger partial charge in [0.15, 0.2) is 0 Å². The Kier molecular flexibility index (Phi) is 6.77. The highest BCUT2D eigenvalue weighted by atomic mass is 32.2. The third-order valence-electron chi connectivity index (χ3n) is 6.85. The van der Waals surface area contributed by atoms with Crippen LogP contribution in [0, 0.1) is 19.7 Å². The van der Waals surface area contributed by atoms with E-state index in [1.807, 2.05) is 19.1 Å². The van der Waals surface area contributed by atoms with Crippen molar-refractivity contribution in [2.24, 2.45) is 0 Å². The lowest BCUT2D eigenvalue weighted by molar-refractivity contribution is -0.129. The number of rotatable bonds is 6. The topological polar surface area (TPSA) is 60.9 Å². The Morgan fingerprint density at radius 2 is 1.76 bits per heavy atom. The number of aryl methyl sites for hydroxylation is 2. The summed E-state index contributed by atoms with van der Waals surface area (Å²) in [5, 5.41) is 0. The number of halogens is 1. The Hall–Kier alpha value is -2.45. The molecule has 1 aliphatic heterocycles. The summed E-state index contributed by atoms with van der Waals surface area (Å²) in [4.78, 5) is 15.7. The van der Waals surface area contributed by atoms with Crippen LogP contribution in [-0.2, 0) is 21.4 Å². The van der Waals surface area contributed by atoms with E-state index in [4.69, 9.17) is 0 Å². The van der Waals surface area contributed by atoms with Gasteiger partial charge in [0.05, 0.1) is 4.90 Å². The highest BCUT2D eigenvalue weighted by Crippen LogP contribution is 2.33. The fourth-order valence-corrected chi connectivity index (χ4v) is 6.48. The number of carbonyl (C=O) groups is 1. The molecule has 1 heterocycles. The van der Waals surface area contributed by atoms with Crippen LogP contribution in [0.2, 0.25) is 0 Å². The lowest BCUT2D eigenvalue weighted by atomic mass is 9.93. The Balaban J connectivity index is 1.56. The molecule has 2 aromatic carbocycles. The minimum atomic E-state index is -3.75. The van der Waals surface area contributed by atoms with E-state index in [1.165, 1.54) is 10.4 Å². The van der Waals surface area contributed by atoms with Gasteiger partial charge in [-0.15, -0.1) is 0 Å². The largest absolute Gasteiger partial charge is 0.368 e. The van der Waals surface area contributed by atoms with E-state index < -0.39 is 15.8 Å². The number of sulfonamides is 1. The summed E-state index contributed by atoms with van der Waals surface area (Å²) in [7, 11) is -3.75. The molecule has 1 saturated heterocycles. The molecule has 4 rings (SSSR count). The van der Waals surface area contributed by atoms with Gasteiger partial charge in [0.1, 0.15) is 5.82 Å². The molecule has 0 unspecified atom stereocenters. The fraction of sp³-hybridized carbons (Fsp3) is 0.480. The van der Waals surface area contributed by atoms with Crippen molar-refractivity contribution in [3.8, 4) is 0 Å². The Bertz CT molecular complexity index is 1140. The van der Waals surface area contributed by atoms with Crippen LogP contribution in [0.15, 0.2) is 41.3 Å². The zero-order chi connectivity index (χ0) is 23.8. The summed E-state index contributed by atoms with van der Waals surface area (Å²) < 4.78 is 43.8. The van der Waals surface area contributed by atoms with Crippen molar-refractivity contribution < 1.29 is 17.6 Å². The fourth-order valence-electron chi connectivity index (χ4n) is 4.61. The van der Waals surface area contributed by atoms with Gasteiger partial charge in [0.2, 0.25) is 15.9 Å². The number of hydrogen-bond acceptors (Lipinski definition) is 4. The van der Waals surface area contributed by atoms with Crippen LogP contribution in [0.25, 0.3) is 0 Å². The molecule has 1 saturated carbocycles. The van der Waals surface area contributed by atoms with Crippen LogP contribution in [0.3, 0.4) is 0 Å². The summed E-state index contributed by atoms with van der Waals surface area (Å²) in [5.41, 5.74) is 2.85. The molecule has 33 heavy (non-hydrogen) atoms. The zero-order valence-electron chi connectivity index (χ0n) is 19.6. The number of hydrogen-bond donors (Lipinski definition) is 0. The first-order valence-corrected chi connectivity index (χ1v) is 13.0. The second-order valence-corrected chi connectivity index (χ2v) is 11.0. The molecule has 0 bridgehead atoms. The van der Waals surface area contributed by atoms with Gasteiger partial charge in [-0.05, 0) is 50.5 Å². The molecule has 2 fully saturated rings. The van der Waals surface area contributed by atoms with E-state index >= 15 is 4.39 Å². The first kappa shape index (κ1) is 23.7. The Labute approximate surface area is 196 Å². The molecule has 0 spiro atoms. The molecule has 0 aromatic heterocycles. The van der Waals surface area contributed by atoms with Gasteiger partial charge in [-0.1, -0.05) is 30.2 Å². The summed E-state index contributed by atoms with van der Waals surface area (Å²) in [6, 6.07) is 10.3. The number of amides is 1. The summed E-state index contributed by atoms with van der Waals surface area (Å²) in [5.74, 6) is -0.348. The maximum Gasteiger partial charge on any atom is 0.243 e. The van der Waals surface area contributed by atoms with Crippen molar-refractivity contribution in [1.82, 2.24) is 9.21 Å². The number of nitrogens with zero attached hydrogens (tertiary/aromatic N) is 3. The first-order chi connectivity index (χ1) is 15.7. The van der Waals surface area contributed by atoms with Gasteiger partial charge in [-0.2, -0.15) is 4.31 Å². The van der Waals surface area contributed by atoms with Crippen molar-refractivity contribution in [3.05, 3.63) is 58.9 Å². The normalized spacial score (nSPS) is 17.4. The van der Waals surface area contributed by atoms with Crippen molar-refractivity contribution in [1.29, 1.82) is 0 Å². The molecule has 0 radical (unpaired) electrons. The molecule has 178 valence electrons. The van der Waals surface area contributed by atoms with Crippen LogP contribution in [0.5, 0.6) is 0 Å². The second-order valence-electron chi connectivity index (χ2n) is 9.17. The van der Waals surface area contributed by atoms with Gasteiger partial charge in [-0.25, -0.2) is 12.8 Å². The molecular weight excluding hydrogens is 441 g/mol. The third-order valence-corrected chi connectivity index (χ3v) is 8.91. The summed E-state index contributed by atoms with van der Waals surface area (Å²) in [6.07, 6.45) is 2.58. The van der Waals surface area contributed by atoms with Crippen molar-refractivity contribution in [2.45, 2.75) is 57.5 Å². The number of piperazine rings is 1. The maximum absolute atomic E-state index is 15.2. The lowest BCUT2D eigenvalue weighted by Gasteiger charge is -2.37. The summed E-state index contributed by atoms with van der Waals surface area (Å²) in [6.45, 7) is 7.84. The highest BCUT2D eigenvalue weighted by molar-refractivity contribution is 7.89. The van der Waals surface area contributed by atoms with Gasteiger partial charge in [0.25, 0.3) is 0 Å². The van der Waals surface area contributed by atoms with Gasteiger partial charge >= 0.3 is 0 Å². The molecule has 1 aliphatic carbocycles. The van der Waals surface area contributed by atoms with Crippen LogP contribution in [-0.4, -0.2) is 55.8 Å². The molecule has 2 aromatic rings. The molecule has 1 amide bonds. The van der Waals surface area contributed by atoms with Crippen LogP contribution < -0.4 is 4.90 Å². The smallest absolute Gasteiger partial charge is 0.243 e. The molecule has 0 N–H and O–H groups in total. The van der Waals surface area contributed by atoms with Gasteiger partial charge in [-0.3, -0.25) is 4.79 Å².